The van der Waals surface area contributed by atoms with Crippen molar-refractivity contribution in [2.75, 3.05) is 23.8 Å². The Morgan fingerprint density at radius 1 is 1.38 bits per heavy atom. The summed E-state index contributed by atoms with van der Waals surface area (Å²) in [4.78, 5) is 10.8. The summed E-state index contributed by atoms with van der Waals surface area (Å²) in [7, 11) is 1.94. The highest BCUT2D eigenvalue weighted by Gasteiger charge is 2.11. The second-order valence-electron chi connectivity index (χ2n) is 4.85. The van der Waals surface area contributed by atoms with Gasteiger partial charge in [-0.1, -0.05) is 13.0 Å². The molecular formula is C16H19N5. The molecule has 0 bridgehead atoms. The topological polar surface area (TPSA) is 64.8 Å². The third-order valence-electron chi connectivity index (χ3n) is 3.16. The molecule has 2 aromatic rings. The van der Waals surface area contributed by atoms with Gasteiger partial charge in [0.05, 0.1) is 11.6 Å². The zero-order valence-corrected chi connectivity index (χ0v) is 12.6. The van der Waals surface area contributed by atoms with Gasteiger partial charge >= 0.3 is 0 Å². The van der Waals surface area contributed by atoms with Crippen LogP contribution in [0.4, 0.5) is 17.5 Å². The van der Waals surface area contributed by atoms with Gasteiger partial charge in [-0.05, 0) is 31.5 Å². The maximum Gasteiger partial charge on any atom is 0.224 e. The Morgan fingerprint density at radius 3 is 2.90 bits per heavy atom. The fraction of sp³-hybridized carbons (Fsp3) is 0.312. The third-order valence-corrected chi connectivity index (χ3v) is 3.16. The van der Waals surface area contributed by atoms with Crippen LogP contribution in [0.3, 0.4) is 0 Å². The first-order valence-corrected chi connectivity index (χ1v) is 6.97. The normalized spacial score (nSPS) is 10.0. The first-order valence-electron chi connectivity index (χ1n) is 6.97. The van der Waals surface area contributed by atoms with Crippen LogP contribution < -0.4 is 10.2 Å². The Morgan fingerprint density at radius 2 is 2.19 bits per heavy atom. The zero-order chi connectivity index (χ0) is 15.2. The van der Waals surface area contributed by atoms with Crippen LogP contribution in [-0.2, 0) is 0 Å². The van der Waals surface area contributed by atoms with Gasteiger partial charge in [-0.2, -0.15) is 10.2 Å². The Hall–Kier alpha value is -2.61. The summed E-state index contributed by atoms with van der Waals surface area (Å²) in [6.07, 6.45) is 2.83. The predicted octanol–water partition coefficient (Wildman–Crippen LogP) is 3.25. The second kappa shape index (κ2) is 6.71. The maximum atomic E-state index is 9.01. The zero-order valence-electron chi connectivity index (χ0n) is 12.6. The Labute approximate surface area is 125 Å². The standard InChI is InChI=1S/C16H19N5/c1-4-8-18-16-19-11-12(2)15(20-16)21(3)14-7-5-6-13(9-14)10-17/h5-7,9,11H,4,8H2,1-3H3,(H,18,19,20). The number of hydrogen-bond donors (Lipinski definition) is 1. The van der Waals surface area contributed by atoms with Crippen molar-refractivity contribution in [1.82, 2.24) is 9.97 Å². The van der Waals surface area contributed by atoms with E-state index in [4.69, 9.17) is 5.26 Å². The quantitative estimate of drug-likeness (QED) is 0.911. The summed E-state index contributed by atoms with van der Waals surface area (Å²) in [5, 5.41) is 12.2. The average molecular weight is 281 g/mol. The van der Waals surface area contributed by atoms with Gasteiger partial charge in [0.1, 0.15) is 5.82 Å². The molecule has 21 heavy (non-hydrogen) atoms. The van der Waals surface area contributed by atoms with Crippen LogP contribution in [-0.4, -0.2) is 23.6 Å². The highest BCUT2D eigenvalue weighted by atomic mass is 15.2. The van der Waals surface area contributed by atoms with Gasteiger partial charge in [-0.25, -0.2) is 4.98 Å². The van der Waals surface area contributed by atoms with Crippen LogP contribution in [0, 0.1) is 18.3 Å². The van der Waals surface area contributed by atoms with Crippen LogP contribution >= 0.6 is 0 Å². The minimum Gasteiger partial charge on any atom is -0.354 e. The molecule has 0 radical (unpaired) electrons. The van der Waals surface area contributed by atoms with Crippen molar-refractivity contribution in [2.24, 2.45) is 0 Å². The number of nitrogens with zero attached hydrogens (tertiary/aromatic N) is 4. The summed E-state index contributed by atoms with van der Waals surface area (Å²) in [5.41, 5.74) is 2.55. The lowest BCUT2D eigenvalue weighted by molar-refractivity contribution is 0.944. The van der Waals surface area contributed by atoms with Crippen LogP contribution in [0.25, 0.3) is 0 Å². The van der Waals surface area contributed by atoms with Crippen molar-refractivity contribution in [3.63, 3.8) is 0 Å². The van der Waals surface area contributed by atoms with Crippen molar-refractivity contribution in [3.05, 3.63) is 41.6 Å². The first-order chi connectivity index (χ1) is 10.2. The molecule has 5 heteroatoms. The number of nitrogens with one attached hydrogen (secondary N) is 1. The number of rotatable bonds is 5. The van der Waals surface area contributed by atoms with E-state index in [1.165, 1.54) is 0 Å². The predicted molar refractivity (Wildman–Crippen MR) is 84.8 cm³/mol. The second-order valence-corrected chi connectivity index (χ2v) is 4.85. The molecule has 0 saturated heterocycles. The number of hydrogen-bond acceptors (Lipinski definition) is 5. The molecule has 1 heterocycles. The van der Waals surface area contributed by atoms with Gasteiger partial charge in [0, 0.05) is 31.0 Å². The molecular weight excluding hydrogens is 262 g/mol. The lowest BCUT2D eigenvalue weighted by Gasteiger charge is -2.21. The molecule has 0 aliphatic rings. The van der Waals surface area contributed by atoms with E-state index in [-0.39, 0.29) is 0 Å². The Kier molecular flexibility index (Phi) is 4.72. The molecule has 0 fully saturated rings. The molecule has 0 aliphatic carbocycles. The summed E-state index contributed by atoms with van der Waals surface area (Å²) in [6, 6.07) is 9.63. The molecule has 0 saturated carbocycles. The molecule has 1 N–H and O–H groups in total. The largest absolute Gasteiger partial charge is 0.354 e. The molecule has 0 spiro atoms. The fourth-order valence-electron chi connectivity index (χ4n) is 2.00. The van der Waals surface area contributed by atoms with Crippen molar-refractivity contribution in [2.45, 2.75) is 20.3 Å². The van der Waals surface area contributed by atoms with Crippen LogP contribution in [0.1, 0.15) is 24.5 Å². The monoisotopic (exact) mass is 281 g/mol. The number of aryl methyl sites for hydroxylation is 1. The fourth-order valence-corrected chi connectivity index (χ4v) is 2.00. The van der Waals surface area contributed by atoms with Gasteiger partial charge in [-0.3, -0.25) is 0 Å². The molecule has 1 aromatic heterocycles. The Balaban J connectivity index is 2.33. The van der Waals surface area contributed by atoms with E-state index in [2.05, 4.69) is 28.3 Å². The molecule has 0 unspecified atom stereocenters. The average Bonchev–Trinajstić information content (AvgIpc) is 2.53. The lowest BCUT2D eigenvalue weighted by Crippen LogP contribution is -2.15. The van der Waals surface area contributed by atoms with Crippen LogP contribution in [0.5, 0.6) is 0 Å². The highest BCUT2D eigenvalue weighted by Crippen LogP contribution is 2.25. The summed E-state index contributed by atoms with van der Waals surface area (Å²) in [5.74, 6) is 1.46. The molecule has 0 aliphatic heterocycles. The van der Waals surface area contributed by atoms with E-state index in [1.54, 1.807) is 6.07 Å². The Bertz CT molecular complexity index is 660. The van der Waals surface area contributed by atoms with Crippen LogP contribution in [0.2, 0.25) is 0 Å². The van der Waals surface area contributed by atoms with Crippen molar-refractivity contribution in [1.29, 1.82) is 5.26 Å². The highest BCUT2D eigenvalue weighted by molar-refractivity contribution is 5.64. The van der Waals surface area contributed by atoms with E-state index in [0.29, 0.717) is 11.5 Å². The van der Waals surface area contributed by atoms with E-state index in [1.807, 2.05) is 43.3 Å². The minimum atomic E-state index is 0.626. The lowest BCUT2D eigenvalue weighted by atomic mass is 10.2. The number of nitriles is 1. The van der Waals surface area contributed by atoms with E-state index in [9.17, 15) is 0 Å². The minimum absolute atomic E-state index is 0.626. The van der Waals surface area contributed by atoms with Gasteiger partial charge in [0.25, 0.3) is 0 Å². The molecule has 1 aromatic carbocycles. The van der Waals surface area contributed by atoms with E-state index < -0.39 is 0 Å². The first kappa shape index (κ1) is 14.8. The molecule has 0 atom stereocenters. The number of benzene rings is 1. The number of anilines is 3. The van der Waals surface area contributed by atoms with Gasteiger partial charge in [-0.15, -0.1) is 0 Å². The molecule has 5 nitrogen and oxygen atoms in total. The van der Waals surface area contributed by atoms with Gasteiger partial charge in [0.15, 0.2) is 0 Å². The van der Waals surface area contributed by atoms with Crippen LogP contribution in [0.15, 0.2) is 30.5 Å². The molecule has 108 valence electrons. The van der Waals surface area contributed by atoms with Gasteiger partial charge < -0.3 is 10.2 Å². The summed E-state index contributed by atoms with van der Waals surface area (Å²) < 4.78 is 0. The number of aromatic nitrogens is 2. The third kappa shape index (κ3) is 3.48. The molecule has 2 rings (SSSR count). The smallest absolute Gasteiger partial charge is 0.224 e. The summed E-state index contributed by atoms with van der Waals surface area (Å²) in [6.45, 7) is 4.92. The van der Waals surface area contributed by atoms with Crippen molar-refractivity contribution in [3.8, 4) is 6.07 Å². The van der Waals surface area contributed by atoms with Gasteiger partial charge in [0.2, 0.25) is 5.95 Å². The van der Waals surface area contributed by atoms with E-state index in [0.717, 1.165) is 30.0 Å². The molecule has 0 amide bonds. The van der Waals surface area contributed by atoms with Crippen molar-refractivity contribution >= 4 is 17.5 Å². The van der Waals surface area contributed by atoms with E-state index >= 15 is 0 Å². The SMILES string of the molecule is CCCNc1ncc(C)c(N(C)c2cccc(C#N)c2)n1. The van der Waals surface area contributed by atoms with Crippen molar-refractivity contribution < 1.29 is 0 Å². The summed E-state index contributed by atoms with van der Waals surface area (Å²) >= 11 is 0. The maximum absolute atomic E-state index is 9.01.